The second-order valence-electron chi connectivity index (χ2n) is 8.63. The largest absolute Gasteiger partial charge is 0.383 e. The van der Waals surface area contributed by atoms with Crippen LogP contribution in [-0.2, 0) is 9.57 Å². The zero-order chi connectivity index (χ0) is 27.2. The molecule has 1 aliphatic rings. The fourth-order valence-electron chi connectivity index (χ4n) is 4.38. The first kappa shape index (κ1) is 27.6. The molecule has 0 radical (unpaired) electrons. The fraction of sp³-hybridized carbons (Fsp3) is 0.320. The maximum atomic E-state index is 14.0. The number of carbonyl (C=O) groups is 2. The summed E-state index contributed by atoms with van der Waals surface area (Å²) in [5, 5.41) is 10.1. The molecule has 10 nitrogen and oxygen atoms in total. The van der Waals surface area contributed by atoms with Crippen molar-refractivity contribution in [2.24, 2.45) is 0 Å². The van der Waals surface area contributed by atoms with Gasteiger partial charge in [-0.2, -0.15) is 5.10 Å². The Morgan fingerprint density at radius 1 is 1.11 bits per heavy atom. The first-order chi connectivity index (χ1) is 18.3. The highest BCUT2D eigenvalue weighted by molar-refractivity contribution is 9.10. The van der Waals surface area contributed by atoms with Gasteiger partial charge in [0.1, 0.15) is 0 Å². The van der Waals surface area contributed by atoms with Crippen LogP contribution >= 0.6 is 15.9 Å². The van der Waals surface area contributed by atoms with Crippen molar-refractivity contribution in [3.63, 3.8) is 0 Å². The molecule has 1 aromatic heterocycles. The molecule has 3 N–H and O–H groups in total. The highest BCUT2D eigenvalue weighted by Gasteiger charge is 2.35. The maximum absolute atomic E-state index is 14.0. The number of methoxy groups -OCH3 is 1. The molecule has 4 rings (SSSR count). The molecule has 1 saturated heterocycles. The van der Waals surface area contributed by atoms with Crippen molar-refractivity contribution >= 4 is 33.7 Å². The summed E-state index contributed by atoms with van der Waals surface area (Å²) in [6.45, 7) is 2.09. The molecule has 0 unspecified atom stereocenters. The van der Waals surface area contributed by atoms with Crippen LogP contribution in [-0.4, -0.2) is 73.1 Å². The number of ether oxygens (including phenoxy) is 1. The highest BCUT2D eigenvalue weighted by atomic mass is 79.9. The van der Waals surface area contributed by atoms with E-state index in [1.807, 2.05) is 6.07 Å². The molecule has 3 aromatic rings. The van der Waals surface area contributed by atoms with Gasteiger partial charge < -0.3 is 10.1 Å². The average Bonchev–Trinajstić information content (AvgIpc) is 3.45. The van der Waals surface area contributed by atoms with Crippen molar-refractivity contribution in [3.8, 4) is 5.69 Å². The van der Waals surface area contributed by atoms with Crippen LogP contribution in [0.1, 0.15) is 22.0 Å². The van der Waals surface area contributed by atoms with E-state index in [1.165, 1.54) is 17.9 Å². The quantitative estimate of drug-likeness (QED) is 0.328. The van der Waals surface area contributed by atoms with E-state index in [2.05, 4.69) is 42.0 Å². The number of likely N-dealkylation sites (tertiary alicyclic amines) is 1. The van der Waals surface area contributed by atoms with Gasteiger partial charge in [-0.15, -0.1) is 0 Å². The number of carbonyl (C=O) groups excluding carboxylic acids is 2. The van der Waals surface area contributed by atoms with E-state index in [0.29, 0.717) is 37.5 Å². The van der Waals surface area contributed by atoms with Crippen molar-refractivity contribution in [2.45, 2.75) is 12.0 Å². The zero-order valence-electron chi connectivity index (χ0n) is 20.7. The molecule has 2 aromatic carbocycles. The van der Waals surface area contributed by atoms with Crippen LogP contribution in [0.2, 0.25) is 0 Å². The molecule has 202 valence electrons. The molecule has 13 heteroatoms. The Bertz CT molecular complexity index is 1290. The third-order valence-electron chi connectivity index (χ3n) is 6.17. The van der Waals surface area contributed by atoms with Crippen molar-refractivity contribution in [2.75, 3.05) is 45.8 Å². The van der Waals surface area contributed by atoms with Crippen molar-refractivity contribution in [1.82, 2.24) is 25.5 Å². The first-order valence-electron chi connectivity index (χ1n) is 11.7. The lowest BCUT2D eigenvalue weighted by molar-refractivity contribution is 0.0531. The van der Waals surface area contributed by atoms with Crippen molar-refractivity contribution in [3.05, 3.63) is 75.9 Å². The number of hydrogen-bond acceptors (Lipinski definition) is 6. The third-order valence-corrected chi connectivity index (χ3v) is 6.92. The molecule has 1 aliphatic heterocycles. The van der Waals surface area contributed by atoms with Crippen LogP contribution in [0.4, 0.5) is 19.4 Å². The van der Waals surface area contributed by atoms with Gasteiger partial charge in [0, 0.05) is 32.7 Å². The van der Waals surface area contributed by atoms with E-state index in [0.717, 1.165) is 12.1 Å². The van der Waals surface area contributed by atoms with Gasteiger partial charge in [-0.05, 0) is 45.8 Å². The minimum atomic E-state index is -0.946. The Morgan fingerprint density at radius 2 is 1.87 bits per heavy atom. The van der Waals surface area contributed by atoms with Gasteiger partial charge in [-0.25, -0.2) is 23.7 Å². The summed E-state index contributed by atoms with van der Waals surface area (Å²) in [6, 6.07) is 11.7. The van der Waals surface area contributed by atoms with Gasteiger partial charge >= 0.3 is 6.03 Å². The third kappa shape index (κ3) is 6.18. The lowest BCUT2D eigenvalue weighted by Gasteiger charge is -2.21. The van der Waals surface area contributed by atoms with Crippen molar-refractivity contribution < 1.29 is 27.9 Å². The van der Waals surface area contributed by atoms with E-state index >= 15 is 0 Å². The zero-order valence-corrected chi connectivity index (χ0v) is 22.3. The van der Waals surface area contributed by atoms with Gasteiger partial charge in [0.2, 0.25) is 0 Å². The van der Waals surface area contributed by atoms with E-state index in [-0.39, 0.29) is 21.9 Å². The Balaban J connectivity index is 1.59. The molecule has 0 saturated carbocycles. The Labute approximate surface area is 226 Å². The molecule has 0 spiro atoms. The monoisotopic (exact) mass is 592 g/mol. The number of anilines is 1. The number of urea groups is 1. The van der Waals surface area contributed by atoms with Gasteiger partial charge in [0.05, 0.1) is 29.9 Å². The topological polar surface area (TPSA) is 110 Å². The Hall–Kier alpha value is -3.39. The number of rotatable bonds is 9. The summed E-state index contributed by atoms with van der Waals surface area (Å²) in [6.07, 6.45) is 0. The number of benzene rings is 2. The minimum Gasteiger partial charge on any atom is -0.383 e. The molecule has 3 amide bonds. The summed E-state index contributed by atoms with van der Waals surface area (Å²) in [5.74, 6) is -2.57. The highest BCUT2D eigenvalue weighted by Crippen LogP contribution is 2.31. The number of para-hydroxylation sites is 1. The van der Waals surface area contributed by atoms with Crippen LogP contribution in [0, 0.1) is 11.6 Å². The number of nitrogens with zero attached hydrogens (tertiary/aromatic N) is 3. The molecule has 2 atom stereocenters. The molecule has 2 heterocycles. The maximum Gasteiger partial charge on any atom is 0.320 e. The van der Waals surface area contributed by atoms with Crippen LogP contribution in [0.5, 0.6) is 0 Å². The van der Waals surface area contributed by atoms with Crippen LogP contribution in [0.25, 0.3) is 5.69 Å². The number of hydroxylamine groups is 1. The van der Waals surface area contributed by atoms with Gasteiger partial charge in [-0.3, -0.25) is 19.8 Å². The van der Waals surface area contributed by atoms with E-state index in [9.17, 15) is 18.4 Å². The Kier molecular flexibility index (Phi) is 9.05. The Morgan fingerprint density at radius 3 is 2.55 bits per heavy atom. The van der Waals surface area contributed by atoms with Crippen LogP contribution in [0.3, 0.4) is 0 Å². The molecule has 0 bridgehead atoms. The summed E-state index contributed by atoms with van der Waals surface area (Å²) in [7, 11) is 2.90. The standard InChI is InChI=1S/C25H27BrF2N6O4/c1-37-11-10-33-13-17(15-8-9-18(27)19(28)12-15)20(14-33)29-25(36)30-23-21(26)22(24(35)32-38-2)31-34(23)16-6-4-3-5-7-16/h3-9,12,17,20H,10-11,13-14H2,1-2H3,(H,32,35)(H2,29,30,36)/t17-,20+/m0/s1. The summed E-state index contributed by atoms with van der Waals surface area (Å²) in [4.78, 5) is 32.5. The summed E-state index contributed by atoms with van der Waals surface area (Å²) < 4.78 is 34.4. The predicted octanol–water partition coefficient (Wildman–Crippen LogP) is 3.44. The summed E-state index contributed by atoms with van der Waals surface area (Å²) >= 11 is 3.37. The number of aromatic nitrogens is 2. The van der Waals surface area contributed by atoms with Gasteiger partial charge in [-0.1, -0.05) is 24.3 Å². The van der Waals surface area contributed by atoms with E-state index < -0.39 is 29.6 Å². The molecule has 0 aliphatic carbocycles. The average molecular weight is 593 g/mol. The fourth-order valence-corrected chi connectivity index (χ4v) is 4.90. The number of nitrogens with one attached hydrogen (secondary N) is 3. The van der Waals surface area contributed by atoms with Gasteiger partial charge in [0.25, 0.3) is 5.91 Å². The lowest BCUT2D eigenvalue weighted by atomic mass is 9.94. The van der Waals surface area contributed by atoms with E-state index in [4.69, 9.17) is 9.57 Å². The minimum absolute atomic E-state index is 0.00252. The van der Waals surface area contributed by atoms with Crippen LogP contribution in [0.15, 0.2) is 53.0 Å². The van der Waals surface area contributed by atoms with Crippen molar-refractivity contribution in [1.29, 1.82) is 0 Å². The predicted molar refractivity (Wildman–Crippen MR) is 139 cm³/mol. The van der Waals surface area contributed by atoms with Crippen LogP contribution < -0.4 is 16.1 Å². The normalized spacial score (nSPS) is 17.4. The number of halogens is 3. The SMILES string of the molecule is COCCN1C[C@@H](NC(=O)Nc2c(Br)c(C(=O)NOC)nn2-c2ccccc2)[C@H](c2ccc(F)c(F)c2)C1. The first-order valence-corrected chi connectivity index (χ1v) is 12.5. The number of hydrogen-bond donors (Lipinski definition) is 3. The molecular formula is C25H27BrF2N6O4. The lowest BCUT2D eigenvalue weighted by Crippen LogP contribution is -2.42. The molecule has 38 heavy (non-hydrogen) atoms. The smallest absolute Gasteiger partial charge is 0.320 e. The second-order valence-corrected chi connectivity index (χ2v) is 9.42. The molecule has 1 fully saturated rings. The summed E-state index contributed by atoms with van der Waals surface area (Å²) in [5.41, 5.74) is 3.39. The molecular weight excluding hydrogens is 566 g/mol. The van der Waals surface area contributed by atoms with E-state index in [1.54, 1.807) is 31.4 Å². The van der Waals surface area contributed by atoms with Gasteiger partial charge in [0.15, 0.2) is 23.1 Å². The second kappa shape index (κ2) is 12.4. The number of amides is 3.